The topological polar surface area (TPSA) is 61.4 Å². The molecule has 2 rings (SSSR count). The van der Waals surface area contributed by atoms with Crippen LogP contribution in [0.4, 0.5) is 5.69 Å². The molecule has 1 aromatic carbocycles. The van der Waals surface area contributed by atoms with E-state index in [1.165, 1.54) is 18.2 Å². The molecule has 0 radical (unpaired) electrons. The van der Waals surface area contributed by atoms with Crippen molar-refractivity contribution in [2.75, 3.05) is 31.6 Å². The second-order valence-electron chi connectivity index (χ2n) is 5.11. The summed E-state index contributed by atoms with van der Waals surface area (Å²) >= 11 is 0. The summed E-state index contributed by atoms with van der Waals surface area (Å²) in [5.41, 5.74) is 3.13. The lowest BCUT2D eigenvalue weighted by Crippen LogP contribution is -2.33. The van der Waals surface area contributed by atoms with Gasteiger partial charge in [-0.2, -0.15) is 0 Å². The van der Waals surface area contributed by atoms with Gasteiger partial charge in [0.2, 0.25) is 5.91 Å². The van der Waals surface area contributed by atoms with E-state index in [1.807, 2.05) is 18.2 Å². The van der Waals surface area contributed by atoms with E-state index in [0.717, 1.165) is 19.4 Å². The van der Waals surface area contributed by atoms with Gasteiger partial charge in [0.05, 0.1) is 0 Å². The smallest absolute Gasteiger partial charge is 0.251 e. The zero-order valence-corrected chi connectivity index (χ0v) is 12.0. The second kappa shape index (κ2) is 6.41. The minimum atomic E-state index is -0.0913. The van der Waals surface area contributed by atoms with Gasteiger partial charge in [-0.3, -0.25) is 9.59 Å². The van der Waals surface area contributed by atoms with E-state index in [-0.39, 0.29) is 11.8 Å². The summed E-state index contributed by atoms with van der Waals surface area (Å²) in [7, 11) is 2.07. The van der Waals surface area contributed by atoms with Crippen LogP contribution in [0.15, 0.2) is 18.2 Å². The van der Waals surface area contributed by atoms with E-state index >= 15 is 0 Å². The molecule has 0 saturated carbocycles. The maximum absolute atomic E-state index is 12.0. The Morgan fingerprint density at radius 3 is 2.75 bits per heavy atom. The normalized spacial score (nSPS) is 13.6. The van der Waals surface area contributed by atoms with E-state index < -0.39 is 0 Å². The Morgan fingerprint density at radius 2 is 2.00 bits per heavy atom. The van der Waals surface area contributed by atoms with Crippen molar-refractivity contribution in [2.45, 2.75) is 19.8 Å². The number of hydrogen-bond acceptors (Lipinski definition) is 3. The van der Waals surface area contributed by atoms with E-state index in [9.17, 15) is 9.59 Å². The third kappa shape index (κ3) is 3.50. The highest BCUT2D eigenvalue weighted by Gasteiger charge is 2.15. The number of rotatable bonds is 4. The standard InChI is InChI=1S/C15H21N3O2/c1-11(19)16-7-8-17-15(20)13-5-6-14-12(10-13)4-3-9-18(14)2/h5-6,10H,3-4,7-9H2,1-2H3,(H,16,19)(H,17,20). The van der Waals surface area contributed by atoms with Crippen LogP contribution in [0.1, 0.15) is 29.3 Å². The molecule has 1 aliphatic rings. The molecule has 108 valence electrons. The number of amides is 2. The van der Waals surface area contributed by atoms with Gasteiger partial charge in [0, 0.05) is 44.9 Å². The van der Waals surface area contributed by atoms with Crippen LogP contribution in [0.25, 0.3) is 0 Å². The molecule has 0 fully saturated rings. The predicted molar refractivity (Wildman–Crippen MR) is 79.0 cm³/mol. The average molecular weight is 275 g/mol. The van der Waals surface area contributed by atoms with E-state index in [1.54, 1.807) is 0 Å². The van der Waals surface area contributed by atoms with Gasteiger partial charge < -0.3 is 15.5 Å². The fourth-order valence-corrected chi connectivity index (χ4v) is 2.44. The molecule has 0 atom stereocenters. The van der Waals surface area contributed by atoms with Crippen LogP contribution >= 0.6 is 0 Å². The molecule has 0 aromatic heterocycles. The maximum Gasteiger partial charge on any atom is 0.251 e. The van der Waals surface area contributed by atoms with Crippen LogP contribution in [0.3, 0.4) is 0 Å². The summed E-state index contributed by atoms with van der Waals surface area (Å²) in [6.07, 6.45) is 2.14. The highest BCUT2D eigenvalue weighted by Crippen LogP contribution is 2.26. The van der Waals surface area contributed by atoms with Gasteiger partial charge in [0.1, 0.15) is 0 Å². The van der Waals surface area contributed by atoms with Crippen LogP contribution in [0.2, 0.25) is 0 Å². The van der Waals surface area contributed by atoms with Crippen molar-refractivity contribution in [3.05, 3.63) is 29.3 Å². The first-order valence-electron chi connectivity index (χ1n) is 6.94. The fraction of sp³-hybridized carbons (Fsp3) is 0.467. The molecular weight excluding hydrogens is 254 g/mol. The molecule has 0 spiro atoms. The van der Waals surface area contributed by atoms with E-state index in [0.29, 0.717) is 18.7 Å². The first-order chi connectivity index (χ1) is 9.58. The largest absolute Gasteiger partial charge is 0.374 e. The molecule has 0 bridgehead atoms. The molecule has 2 amide bonds. The number of fused-ring (bicyclic) bond motifs is 1. The van der Waals surface area contributed by atoms with Crippen LogP contribution in [0.5, 0.6) is 0 Å². The molecule has 0 aliphatic carbocycles. The summed E-state index contributed by atoms with van der Waals surface area (Å²) in [6.45, 7) is 3.42. The lowest BCUT2D eigenvalue weighted by Gasteiger charge is -2.27. The average Bonchev–Trinajstić information content (AvgIpc) is 2.43. The molecule has 1 aliphatic heterocycles. The molecule has 5 nitrogen and oxygen atoms in total. The Labute approximate surface area is 119 Å². The third-order valence-corrected chi connectivity index (χ3v) is 3.48. The number of benzene rings is 1. The van der Waals surface area contributed by atoms with Gasteiger partial charge in [0.25, 0.3) is 5.91 Å². The van der Waals surface area contributed by atoms with Crippen molar-refractivity contribution in [3.63, 3.8) is 0 Å². The van der Waals surface area contributed by atoms with Gasteiger partial charge >= 0.3 is 0 Å². The summed E-state index contributed by atoms with van der Waals surface area (Å²) in [4.78, 5) is 25.0. The molecule has 2 N–H and O–H groups in total. The number of nitrogens with one attached hydrogen (secondary N) is 2. The Kier molecular flexibility index (Phi) is 4.61. The Hall–Kier alpha value is -2.04. The van der Waals surface area contributed by atoms with Gasteiger partial charge in [-0.15, -0.1) is 0 Å². The maximum atomic E-state index is 12.0. The number of carbonyl (C=O) groups is 2. The van der Waals surface area contributed by atoms with Crippen molar-refractivity contribution in [1.29, 1.82) is 0 Å². The number of aryl methyl sites for hydroxylation is 1. The number of carbonyl (C=O) groups excluding carboxylic acids is 2. The highest BCUT2D eigenvalue weighted by molar-refractivity contribution is 5.95. The van der Waals surface area contributed by atoms with Crippen molar-refractivity contribution in [1.82, 2.24) is 10.6 Å². The molecule has 0 unspecified atom stereocenters. The Bertz CT molecular complexity index is 514. The van der Waals surface area contributed by atoms with Crippen LogP contribution in [0, 0.1) is 0 Å². The summed E-state index contributed by atoms with van der Waals surface area (Å²) in [6, 6.07) is 5.84. The minimum absolute atomic E-state index is 0.0870. The van der Waals surface area contributed by atoms with Gasteiger partial charge in [0.15, 0.2) is 0 Å². The Balaban J connectivity index is 1.95. The third-order valence-electron chi connectivity index (χ3n) is 3.48. The predicted octanol–water partition coefficient (Wildman–Crippen LogP) is 0.935. The second-order valence-corrected chi connectivity index (χ2v) is 5.11. The first kappa shape index (κ1) is 14.4. The monoisotopic (exact) mass is 275 g/mol. The van der Waals surface area contributed by atoms with Gasteiger partial charge in [-0.05, 0) is 36.6 Å². The highest BCUT2D eigenvalue weighted by atomic mass is 16.2. The zero-order valence-electron chi connectivity index (χ0n) is 12.0. The molecule has 1 aromatic rings. The molecule has 20 heavy (non-hydrogen) atoms. The first-order valence-corrected chi connectivity index (χ1v) is 6.94. The SMILES string of the molecule is CC(=O)NCCNC(=O)c1ccc2c(c1)CCCN2C. The Morgan fingerprint density at radius 1 is 1.25 bits per heavy atom. The van der Waals surface area contributed by atoms with Crippen molar-refractivity contribution in [2.24, 2.45) is 0 Å². The lowest BCUT2D eigenvalue weighted by molar-refractivity contribution is -0.118. The van der Waals surface area contributed by atoms with Crippen molar-refractivity contribution in [3.8, 4) is 0 Å². The molecule has 1 heterocycles. The zero-order chi connectivity index (χ0) is 14.5. The summed E-state index contributed by atoms with van der Waals surface area (Å²) in [5.74, 6) is -0.178. The molecular formula is C15H21N3O2. The van der Waals surface area contributed by atoms with Gasteiger partial charge in [-0.25, -0.2) is 0 Å². The quantitative estimate of drug-likeness (QED) is 0.804. The van der Waals surface area contributed by atoms with E-state index in [4.69, 9.17) is 0 Å². The van der Waals surface area contributed by atoms with Crippen molar-refractivity contribution < 1.29 is 9.59 Å². The lowest BCUT2D eigenvalue weighted by atomic mass is 9.99. The van der Waals surface area contributed by atoms with Crippen LogP contribution in [-0.4, -0.2) is 38.5 Å². The van der Waals surface area contributed by atoms with Gasteiger partial charge in [-0.1, -0.05) is 0 Å². The van der Waals surface area contributed by atoms with Crippen molar-refractivity contribution >= 4 is 17.5 Å². The molecule has 5 heteroatoms. The van der Waals surface area contributed by atoms with Crippen LogP contribution < -0.4 is 15.5 Å². The number of anilines is 1. The summed E-state index contributed by atoms with van der Waals surface area (Å²) in [5, 5.41) is 5.45. The number of nitrogens with zero attached hydrogens (tertiary/aromatic N) is 1. The number of hydrogen-bond donors (Lipinski definition) is 2. The molecule has 0 saturated heterocycles. The fourth-order valence-electron chi connectivity index (χ4n) is 2.44. The minimum Gasteiger partial charge on any atom is -0.374 e. The van der Waals surface area contributed by atoms with E-state index in [2.05, 4.69) is 22.6 Å². The van der Waals surface area contributed by atoms with Crippen LogP contribution in [-0.2, 0) is 11.2 Å². The summed E-state index contributed by atoms with van der Waals surface area (Å²) < 4.78 is 0.